The van der Waals surface area contributed by atoms with Gasteiger partial charge in [0.1, 0.15) is 0 Å². The fraction of sp³-hybridized carbons (Fsp3) is 0.600. The Hall–Kier alpha value is -1.87. The number of nitro benzene ring substituents is 1. The summed E-state index contributed by atoms with van der Waals surface area (Å²) in [6.45, 7) is 1.43. The molecule has 0 bridgehead atoms. The third-order valence-electron chi connectivity index (χ3n) is 4.38. The van der Waals surface area contributed by atoms with Crippen LogP contribution >= 0.6 is 0 Å². The minimum Gasteiger partial charge on any atom is -0.395 e. The van der Waals surface area contributed by atoms with Crippen molar-refractivity contribution in [2.24, 2.45) is 0 Å². The third-order valence-corrected chi connectivity index (χ3v) is 4.38. The van der Waals surface area contributed by atoms with Crippen LogP contribution in [0.3, 0.4) is 0 Å². The molecular formula is C15H20F3N3O3. The number of aliphatic hydroxyl groups excluding tert-OH is 1. The van der Waals surface area contributed by atoms with E-state index in [1.54, 1.807) is 4.90 Å². The first kappa shape index (κ1) is 18.5. The van der Waals surface area contributed by atoms with Gasteiger partial charge < -0.3 is 14.9 Å². The quantitative estimate of drug-likeness (QED) is 0.655. The monoisotopic (exact) mass is 347 g/mol. The van der Waals surface area contributed by atoms with E-state index in [0.29, 0.717) is 38.5 Å². The van der Waals surface area contributed by atoms with Gasteiger partial charge in [-0.3, -0.25) is 10.1 Å². The van der Waals surface area contributed by atoms with Gasteiger partial charge in [0.15, 0.2) is 0 Å². The molecule has 1 fully saturated rings. The van der Waals surface area contributed by atoms with Crippen LogP contribution in [0.5, 0.6) is 0 Å². The maximum absolute atomic E-state index is 13.3. The molecule has 1 N–H and O–H groups in total. The fourth-order valence-electron chi connectivity index (χ4n) is 3.03. The molecule has 0 amide bonds. The number of anilines is 1. The summed E-state index contributed by atoms with van der Waals surface area (Å²) in [6.07, 6.45) is -3.30. The van der Waals surface area contributed by atoms with E-state index in [-0.39, 0.29) is 18.3 Å². The molecule has 1 aliphatic heterocycles. The number of nitro groups is 1. The molecule has 9 heteroatoms. The molecular weight excluding hydrogens is 327 g/mol. The number of piperidine rings is 1. The van der Waals surface area contributed by atoms with E-state index in [1.807, 2.05) is 11.9 Å². The summed E-state index contributed by atoms with van der Waals surface area (Å²) in [4.78, 5) is 13.5. The lowest BCUT2D eigenvalue weighted by Crippen LogP contribution is -2.44. The van der Waals surface area contributed by atoms with Gasteiger partial charge in [0.2, 0.25) is 0 Å². The lowest BCUT2D eigenvalue weighted by atomic mass is 10.0. The van der Waals surface area contributed by atoms with E-state index in [4.69, 9.17) is 5.11 Å². The molecule has 1 saturated heterocycles. The molecule has 24 heavy (non-hydrogen) atoms. The SMILES string of the molecule is CN(CCO)C1CCN(c2ccc([N+](=O)[O-])cc2C(F)(F)F)CC1. The van der Waals surface area contributed by atoms with Gasteiger partial charge in [-0.15, -0.1) is 0 Å². The van der Waals surface area contributed by atoms with E-state index in [1.165, 1.54) is 6.07 Å². The highest BCUT2D eigenvalue weighted by Crippen LogP contribution is 2.39. The van der Waals surface area contributed by atoms with Crippen molar-refractivity contribution >= 4 is 11.4 Å². The zero-order chi connectivity index (χ0) is 17.9. The van der Waals surface area contributed by atoms with Gasteiger partial charge in [0.25, 0.3) is 5.69 Å². The predicted octanol–water partition coefficient (Wildman–Crippen LogP) is 2.51. The fourth-order valence-corrected chi connectivity index (χ4v) is 3.03. The highest BCUT2D eigenvalue weighted by Gasteiger charge is 2.37. The lowest BCUT2D eigenvalue weighted by molar-refractivity contribution is -0.385. The molecule has 0 radical (unpaired) electrons. The first-order valence-corrected chi connectivity index (χ1v) is 7.65. The number of halogens is 3. The first-order chi connectivity index (χ1) is 11.2. The van der Waals surface area contributed by atoms with E-state index < -0.39 is 22.4 Å². The van der Waals surface area contributed by atoms with Gasteiger partial charge in [-0.05, 0) is 26.0 Å². The Morgan fingerprint density at radius 3 is 2.50 bits per heavy atom. The number of alkyl halides is 3. The Kier molecular flexibility index (Phi) is 5.66. The van der Waals surface area contributed by atoms with Crippen molar-refractivity contribution in [1.29, 1.82) is 0 Å². The van der Waals surface area contributed by atoms with Crippen LogP contribution in [0.15, 0.2) is 18.2 Å². The Balaban J connectivity index is 2.19. The second-order valence-electron chi connectivity index (χ2n) is 5.88. The average Bonchev–Trinajstić information content (AvgIpc) is 2.54. The minimum atomic E-state index is -4.65. The van der Waals surface area contributed by atoms with Crippen LogP contribution in [0.2, 0.25) is 0 Å². The number of non-ortho nitro benzene ring substituents is 1. The summed E-state index contributed by atoms with van der Waals surface area (Å²) in [5, 5.41) is 19.7. The number of hydrogen-bond acceptors (Lipinski definition) is 5. The summed E-state index contributed by atoms with van der Waals surface area (Å²) in [5.41, 5.74) is -1.56. The van der Waals surface area contributed by atoms with Crippen LogP contribution in [0.25, 0.3) is 0 Å². The maximum Gasteiger partial charge on any atom is 0.418 e. The van der Waals surface area contributed by atoms with Gasteiger partial charge in [-0.1, -0.05) is 0 Å². The second-order valence-corrected chi connectivity index (χ2v) is 5.88. The van der Waals surface area contributed by atoms with E-state index in [9.17, 15) is 23.3 Å². The summed E-state index contributed by atoms with van der Waals surface area (Å²) in [5.74, 6) is 0. The topological polar surface area (TPSA) is 69.8 Å². The molecule has 0 aliphatic carbocycles. The van der Waals surface area contributed by atoms with Gasteiger partial charge in [-0.25, -0.2) is 0 Å². The summed E-state index contributed by atoms with van der Waals surface area (Å²) >= 11 is 0. The van der Waals surface area contributed by atoms with Crippen molar-refractivity contribution in [2.75, 3.05) is 38.2 Å². The standard InChI is InChI=1S/C15H20F3N3O3/c1-19(8-9-22)11-4-6-20(7-5-11)14-3-2-12(21(23)24)10-13(14)15(16,17)18/h2-3,10-11,22H,4-9H2,1H3. The zero-order valence-electron chi connectivity index (χ0n) is 13.3. The van der Waals surface area contributed by atoms with Crippen molar-refractivity contribution in [3.8, 4) is 0 Å². The van der Waals surface area contributed by atoms with Gasteiger partial charge in [-0.2, -0.15) is 13.2 Å². The van der Waals surface area contributed by atoms with Crippen molar-refractivity contribution in [3.63, 3.8) is 0 Å². The highest BCUT2D eigenvalue weighted by molar-refractivity contribution is 5.59. The summed E-state index contributed by atoms with van der Waals surface area (Å²) in [7, 11) is 1.88. The first-order valence-electron chi connectivity index (χ1n) is 7.65. The van der Waals surface area contributed by atoms with E-state index >= 15 is 0 Å². The molecule has 0 aromatic heterocycles. The largest absolute Gasteiger partial charge is 0.418 e. The molecule has 0 atom stereocenters. The third kappa shape index (κ3) is 4.15. The lowest BCUT2D eigenvalue weighted by Gasteiger charge is -2.38. The molecule has 1 heterocycles. The molecule has 0 spiro atoms. The zero-order valence-corrected chi connectivity index (χ0v) is 13.3. The van der Waals surface area contributed by atoms with Crippen molar-refractivity contribution in [1.82, 2.24) is 4.90 Å². The van der Waals surface area contributed by atoms with E-state index in [2.05, 4.69) is 0 Å². The predicted molar refractivity (Wildman–Crippen MR) is 83.0 cm³/mol. The summed E-state index contributed by atoms with van der Waals surface area (Å²) < 4.78 is 39.8. The van der Waals surface area contributed by atoms with Crippen LogP contribution in [0.4, 0.5) is 24.5 Å². The van der Waals surface area contributed by atoms with Gasteiger partial charge in [0.05, 0.1) is 17.1 Å². The Bertz CT molecular complexity index is 587. The molecule has 1 aromatic carbocycles. The van der Waals surface area contributed by atoms with Crippen LogP contribution in [-0.4, -0.2) is 54.3 Å². The number of aliphatic hydroxyl groups is 1. The van der Waals surface area contributed by atoms with Crippen LogP contribution in [-0.2, 0) is 6.18 Å². The number of rotatable bonds is 5. The molecule has 134 valence electrons. The van der Waals surface area contributed by atoms with Crippen molar-refractivity contribution < 1.29 is 23.2 Å². The molecule has 1 aliphatic rings. The molecule has 0 saturated carbocycles. The van der Waals surface area contributed by atoms with Crippen LogP contribution in [0.1, 0.15) is 18.4 Å². The smallest absolute Gasteiger partial charge is 0.395 e. The molecule has 0 unspecified atom stereocenters. The molecule has 2 rings (SSSR count). The highest BCUT2D eigenvalue weighted by atomic mass is 19.4. The van der Waals surface area contributed by atoms with Crippen LogP contribution < -0.4 is 4.90 Å². The normalized spacial score (nSPS) is 16.7. The van der Waals surface area contributed by atoms with E-state index in [0.717, 1.165) is 6.07 Å². The van der Waals surface area contributed by atoms with Crippen molar-refractivity contribution in [2.45, 2.75) is 25.1 Å². The Morgan fingerprint density at radius 1 is 1.38 bits per heavy atom. The van der Waals surface area contributed by atoms with Gasteiger partial charge in [0, 0.05) is 43.5 Å². The number of likely N-dealkylation sites (N-methyl/N-ethyl adjacent to an activating group) is 1. The van der Waals surface area contributed by atoms with Gasteiger partial charge >= 0.3 is 6.18 Å². The average molecular weight is 347 g/mol. The summed E-state index contributed by atoms with van der Waals surface area (Å²) in [6, 6.07) is 3.09. The maximum atomic E-state index is 13.3. The Labute approximate surface area is 137 Å². The number of nitrogens with zero attached hydrogens (tertiary/aromatic N) is 3. The Morgan fingerprint density at radius 2 is 2.00 bits per heavy atom. The molecule has 6 nitrogen and oxygen atoms in total. The molecule has 1 aromatic rings. The second kappa shape index (κ2) is 7.35. The minimum absolute atomic E-state index is 0.0173. The number of hydrogen-bond donors (Lipinski definition) is 1. The van der Waals surface area contributed by atoms with Crippen molar-refractivity contribution in [3.05, 3.63) is 33.9 Å². The number of benzene rings is 1. The van der Waals surface area contributed by atoms with Crippen LogP contribution in [0, 0.1) is 10.1 Å².